The predicted molar refractivity (Wildman–Crippen MR) is 94.8 cm³/mol. The lowest BCUT2D eigenvalue weighted by molar-refractivity contribution is 0.318. The molecule has 1 unspecified atom stereocenters. The molecule has 1 aliphatic rings. The largest absolute Gasteiger partial charge is 0.496 e. The van der Waals surface area contributed by atoms with E-state index in [1.807, 2.05) is 25.1 Å². The first-order chi connectivity index (χ1) is 11.1. The molecule has 6 heteroatoms. The Morgan fingerprint density at radius 1 is 1.35 bits per heavy atom. The first-order valence-electron chi connectivity index (χ1n) is 7.74. The fourth-order valence-electron chi connectivity index (χ4n) is 2.95. The Morgan fingerprint density at radius 2 is 2.22 bits per heavy atom. The molecule has 23 heavy (non-hydrogen) atoms. The van der Waals surface area contributed by atoms with Crippen LogP contribution in [0.5, 0.6) is 5.75 Å². The number of aromatic nitrogens is 2. The maximum atomic E-state index is 5.47. The predicted octanol–water partition coefficient (Wildman–Crippen LogP) is 3.24. The number of methoxy groups -OCH3 is 1. The van der Waals surface area contributed by atoms with Gasteiger partial charge >= 0.3 is 0 Å². The number of likely N-dealkylation sites (tertiary alicyclic amines) is 1. The summed E-state index contributed by atoms with van der Waals surface area (Å²) in [6.07, 6.45) is 2.72. The molecular weight excluding hydrogens is 356 g/mol. The molecule has 5 nitrogen and oxygen atoms in total. The van der Waals surface area contributed by atoms with Crippen LogP contribution in [0.4, 0.5) is 5.82 Å². The zero-order valence-electron chi connectivity index (χ0n) is 13.4. The first kappa shape index (κ1) is 16.2. The van der Waals surface area contributed by atoms with Crippen LogP contribution < -0.4 is 10.1 Å². The summed E-state index contributed by atoms with van der Waals surface area (Å²) in [6.45, 7) is 4.94. The van der Waals surface area contributed by atoms with E-state index in [0.717, 1.165) is 47.8 Å². The molecule has 1 fully saturated rings. The quantitative estimate of drug-likeness (QED) is 0.867. The van der Waals surface area contributed by atoms with E-state index in [2.05, 4.69) is 42.2 Å². The van der Waals surface area contributed by atoms with Crippen LogP contribution in [0.2, 0.25) is 0 Å². The smallest absolute Gasteiger partial charge is 0.129 e. The highest BCUT2D eigenvalue weighted by molar-refractivity contribution is 9.10. The minimum absolute atomic E-state index is 0.419. The van der Waals surface area contributed by atoms with Crippen molar-refractivity contribution in [3.63, 3.8) is 0 Å². The summed E-state index contributed by atoms with van der Waals surface area (Å²) >= 11 is 3.54. The molecule has 1 N–H and O–H groups in total. The highest BCUT2D eigenvalue weighted by Crippen LogP contribution is 2.26. The number of rotatable bonds is 5. The molecule has 3 rings (SSSR count). The number of hydrogen-bond acceptors (Lipinski definition) is 5. The molecule has 0 saturated carbocycles. The van der Waals surface area contributed by atoms with E-state index in [4.69, 9.17) is 4.74 Å². The topological polar surface area (TPSA) is 50.3 Å². The number of nitrogens with one attached hydrogen (secondary N) is 1. The molecular formula is C17H21BrN4O. The van der Waals surface area contributed by atoms with Gasteiger partial charge in [-0.25, -0.2) is 9.97 Å². The SMILES string of the molecule is COc1ccc(Br)cc1CN1CCC(Nc2cc(C)ncn2)C1. The zero-order chi connectivity index (χ0) is 16.2. The third-order valence-corrected chi connectivity index (χ3v) is 4.56. The summed E-state index contributed by atoms with van der Waals surface area (Å²) < 4.78 is 6.55. The van der Waals surface area contributed by atoms with Crippen molar-refractivity contribution in [1.29, 1.82) is 0 Å². The Hall–Kier alpha value is -1.66. The molecule has 122 valence electrons. The third kappa shape index (κ3) is 4.20. The van der Waals surface area contributed by atoms with Gasteiger partial charge in [0.2, 0.25) is 0 Å². The Morgan fingerprint density at radius 3 is 3.00 bits per heavy atom. The molecule has 1 aromatic carbocycles. The van der Waals surface area contributed by atoms with Crippen molar-refractivity contribution in [1.82, 2.24) is 14.9 Å². The van der Waals surface area contributed by atoms with Crippen molar-refractivity contribution >= 4 is 21.7 Å². The van der Waals surface area contributed by atoms with Crippen molar-refractivity contribution in [3.05, 3.63) is 46.3 Å². The van der Waals surface area contributed by atoms with Gasteiger partial charge < -0.3 is 10.1 Å². The van der Waals surface area contributed by atoms with Gasteiger partial charge in [0.1, 0.15) is 17.9 Å². The van der Waals surface area contributed by atoms with Crippen LogP contribution in [0.25, 0.3) is 0 Å². The van der Waals surface area contributed by atoms with Gasteiger partial charge in [0.15, 0.2) is 0 Å². The summed E-state index contributed by atoms with van der Waals surface area (Å²) in [7, 11) is 1.72. The van der Waals surface area contributed by atoms with Gasteiger partial charge in [-0.05, 0) is 31.5 Å². The lowest BCUT2D eigenvalue weighted by Gasteiger charge is -2.19. The lowest BCUT2D eigenvalue weighted by atomic mass is 10.2. The van der Waals surface area contributed by atoms with Crippen molar-refractivity contribution in [3.8, 4) is 5.75 Å². The molecule has 0 aliphatic carbocycles. The number of ether oxygens (including phenoxy) is 1. The molecule has 2 aromatic rings. The molecule has 1 aliphatic heterocycles. The minimum Gasteiger partial charge on any atom is -0.496 e. The van der Waals surface area contributed by atoms with Crippen LogP contribution in [-0.2, 0) is 6.54 Å². The fraction of sp³-hybridized carbons (Fsp3) is 0.412. The number of nitrogens with zero attached hydrogens (tertiary/aromatic N) is 3. The number of anilines is 1. The van der Waals surface area contributed by atoms with Gasteiger partial charge in [-0.2, -0.15) is 0 Å². The maximum Gasteiger partial charge on any atom is 0.129 e. The zero-order valence-corrected chi connectivity index (χ0v) is 15.0. The van der Waals surface area contributed by atoms with Gasteiger partial charge in [0, 0.05) is 47.5 Å². The standard InChI is InChI=1S/C17H21BrN4O/c1-12-7-17(20-11-19-12)21-15-5-6-22(10-15)9-13-8-14(18)3-4-16(13)23-2/h3-4,7-8,11,15H,5-6,9-10H2,1-2H3,(H,19,20,21). The molecule has 1 atom stereocenters. The second-order valence-corrected chi connectivity index (χ2v) is 6.78. The Kier molecular flexibility index (Phi) is 5.13. The summed E-state index contributed by atoms with van der Waals surface area (Å²) in [5.41, 5.74) is 2.19. The van der Waals surface area contributed by atoms with Crippen molar-refractivity contribution < 1.29 is 4.74 Å². The van der Waals surface area contributed by atoms with Gasteiger partial charge in [0.25, 0.3) is 0 Å². The van der Waals surface area contributed by atoms with Gasteiger partial charge in [-0.3, -0.25) is 4.90 Å². The Labute approximate surface area is 145 Å². The normalized spacial score (nSPS) is 18.1. The van der Waals surface area contributed by atoms with E-state index < -0.39 is 0 Å². The minimum atomic E-state index is 0.419. The van der Waals surface area contributed by atoms with Crippen LogP contribution in [-0.4, -0.2) is 41.1 Å². The second kappa shape index (κ2) is 7.27. The van der Waals surface area contributed by atoms with Crippen molar-refractivity contribution in [2.75, 3.05) is 25.5 Å². The summed E-state index contributed by atoms with van der Waals surface area (Å²) in [5.74, 6) is 1.85. The second-order valence-electron chi connectivity index (χ2n) is 5.87. The third-order valence-electron chi connectivity index (χ3n) is 4.06. The summed E-state index contributed by atoms with van der Waals surface area (Å²) in [4.78, 5) is 10.9. The van der Waals surface area contributed by atoms with Crippen molar-refractivity contribution in [2.24, 2.45) is 0 Å². The average molecular weight is 377 g/mol. The monoisotopic (exact) mass is 376 g/mol. The highest BCUT2D eigenvalue weighted by atomic mass is 79.9. The number of hydrogen-bond donors (Lipinski definition) is 1. The molecule has 0 amide bonds. The van der Waals surface area contributed by atoms with E-state index in [-0.39, 0.29) is 0 Å². The number of halogens is 1. The Bertz CT molecular complexity index is 679. The van der Waals surface area contributed by atoms with Crippen LogP contribution >= 0.6 is 15.9 Å². The Balaban J connectivity index is 1.61. The lowest BCUT2D eigenvalue weighted by Crippen LogP contribution is -2.26. The average Bonchev–Trinajstić information content (AvgIpc) is 2.94. The number of benzene rings is 1. The van der Waals surface area contributed by atoms with Gasteiger partial charge in [0.05, 0.1) is 7.11 Å². The highest BCUT2D eigenvalue weighted by Gasteiger charge is 2.23. The van der Waals surface area contributed by atoms with Gasteiger partial charge in [-0.15, -0.1) is 0 Å². The summed E-state index contributed by atoms with van der Waals surface area (Å²) in [5, 5.41) is 3.50. The van der Waals surface area contributed by atoms with E-state index in [0.29, 0.717) is 6.04 Å². The van der Waals surface area contributed by atoms with Gasteiger partial charge in [-0.1, -0.05) is 15.9 Å². The fourth-order valence-corrected chi connectivity index (χ4v) is 3.36. The summed E-state index contributed by atoms with van der Waals surface area (Å²) in [6, 6.07) is 8.55. The first-order valence-corrected chi connectivity index (χ1v) is 8.53. The van der Waals surface area contributed by atoms with Crippen LogP contribution in [0, 0.1) is 6.92 Å². The van der Waals surface area contributed by atoms with E-state index in [1.54, 1.807) is 13.4 Å². The van der Waals surface area contributed by atoms with E-state index in [1.165, 1.54) is 5.56 Å². The molecule has 1 saturated heterocycles. The molecule has 0 bridgehead atoms. The van der Waals surface area contributed by atoms with Crippen LogP contribution in [0.15, 0.2) is 35.1 Å². The molecule has 1 aromatic heterocycles. The molecule has 2 heterocycles. The van der Waals surface area contributed by atoms with E-state index in [9.17, 15) is 0 Å². The van der Waals surface area contributed by atoms with Crippen molar-refractivity contribution in [2.45, 2.75) is 25.9 Å². The van der Waals surface area contributed by atoms with Crippen LogP contribution in [0.3, 0.4) is 0 Å². The number of aryl methyl sites for hydroxylation is 1. The maximum absolute atomic E-state index is 5.47. The van der Waals surface area contributed by atoms with Crippen LogP contribution in [0.1, 0.15) is 17.7 Å². The molecule has 0 spiro atoms. The van der Waals surface area contributed by atoms with E-state index >= 15 is 0 Å². The molecule has 0 radical (unpaired) electrons.